The van der Waals surface area contributed by atoms with Crippen LogP contribution in [0.4, 0.5) is 0 Å². The molecule has 1 unspecified atom stereocenters. The first-order valence-corrected chi connectivity index (χ1v) is 10.7. The van der Waals surface area contributed by atoms with Crippen molar-refractivity contribution in [2.75, 3.05) is 6.61 Å². The van der Waals surface area contributed by atoms with Crippen molar-refractivity contribution in [2.24, 2.45) is 0 Å². The molecule has 1 aliphatic heterocycles. The largest absolute Gasteiger partial charge is 0.483 e. The summed E-state index contributed by atoms with van der Waals surface area (Å²) >= 11 is 0. The molecule has 2 fully saturated rings. The molecule has 0 radical (unpaired) electrons. The van der Waals surface area contributed by atoms with Crippen molar-refractivity contribution < 1.29 is 18.1 Å². The molecule has 94 valence electrons. The Morgan fingerprint density at radius 3 is 2.38 bits per heavy atom. The van der Waals surface area contributed by atoms with E-state index < -0.39 is 17.4 Å². The Morgan fingerprint density at radius 1 is 1.19 bits per heavy atom. The molecular weight excluding hydrogens is 240 g/mol. The van der Waals surface area contributed by atoms with Crippen LogP contribution < -0.4 is 0 Å². The first-order chi connectivity index (χ1) is 7.52. The van der Waals surface area contributed by atoms with Gasteiger partial charge >= 0.3 is 17.4 Å². The molecule has 2 rings (SSSR count). The van der Waals surface area contributed by atoms with Crippen molar-refractivity contribution in [2.45, 2.75) is 56.7 Å². The maximum absolute atomic E-state index is 9.62. The van der Waals surface area contributed by atoms with Crippen LogP contribution in [0, 0.1) is 0 Å². The lowest BCUT2D eigenvalue weighted by molar-refractivity contribution is 0.150. The molecule has 0 amide bonds. The van der Waals surface area contributed by atoms with E-state index in [9.17, 15) is 9.59 Å². The Bertz CT molecular complexity index is 229. The van der Waals surface area contributed by atoms with Crippen molar-refractivity contribution in [1.82, 2.24) is 0 Å². The van der Waals surface area contributed by atoms with Gasteiger partial charge in [-0.3, -0.25) is 0 Å². The normalized spacial score (nSPS) is 33.2. The lowest BCUT2D eigenvalue weighted by atomic mass is 10.3. The molecule has 0 aromatic heterocycles. The third kappa shape index (κ3) is 2.93. The first kappa shape index (κ1) is 12.7. The Kier molecular flexibility index (Phi) is 3.87. The molecule has 0 bridgehead atoms. The predicted molar refractivity (Wildman–Crippen MR) is 65.1 cm³/mol. The van der Waals surface area contributed by atoms with Crippen molar-refractivity contribution in [3.05, 3.63) is 0 Å². The van der Waals surface area contributed by atoms with Gasteiger partial charge in [0, 0.05) is 18.7 Å². The molecule has 0 spiro atoms. The lowest BCUT2D eigenvalue weighted by Gasteiger charge is -2.40. The second kappa shape index (κ2) is 4.87. The quantitative estimate of drug-likeness (QED) is 0.761. The van der Waals surface area contributed by atoms with Gasteiger partial charge in [0.05, 0.1) is 0 Å². The van der Waals surface area contributed by atoms with Crippen LogP contribution in [0.3, 0.4) is 0 Å². The number of rotatable bonds is 3. The standard InChI is InChI=1S/C10H22O4Si2/c1-15(11,12)14-16(9-5-4-8-13-16)10-6-2-3-7-10/h10-12H,2-9H2,1H3. The van der Waals surface area contributed by atoms with Crippen molar-refractivity contribution in [1.29, 1.82) is 0 Å². The summed E-state index contributed by atoms with van der Waals surface area (Å²) in [5.74, 6) is 0. The highest BCUT2D eigenvalue weighted by atomic mass is 28.5. The minimum Gasteiger partial charge on any atom is -0.394 e. The second-order valence-electron chi connectivity index (χ2n) is 5.13. The van der Waals surface area contributed by atoms with Crippen LogP contribution in [0.25, 0.3) is 0 Å². The van der Waals surface area contributed by atoms with Gasteiger partial charge in [0.25, 0.3) is 0 Å². The summed E-state index contributed by atoms with van der Waals surface area (Å²) in [5, 5.41) is 0. The van der Waals surface area contributed by atoms with Crippen molar-refractivity contribution in [3.8, 4) is 0 Å². The Morgan fingerprint density at radius 2 is 1.88 bits per heavy atom. The Labute approximate surface area is 99.2 Å². The van der Waals surface area contributed by atoms with E-state index in [0.717, 1.165) is 38.3 Å². The molecule has 0 aromatic carbocycles. The average Bonchev–Trinajstić information content (AvgIpc) is 2.69. The predicted octanol–water partition coefficient (Wildman–Crippen LogP) is 1.75. The summed E-state index contributed by atoms with van der Waals surface area (Å²) in [7, 11) is -5.77. The Hall–Kier alpha value is 0.274. The van der Waals surface area contributed by atoms with E-state index >= 15 is 0 Å². The zero-order valence-corrected chi connectivity index (χ0v) is 11.9. The molecule has 1 saturated heterocycles. The lowest BCUT2D eigenvalue weighted by Crippen LogP contribution is -2.56. The topological polar surface area (TPSA) is 58.9 Å². The van der Waals surface area contributed by atoms with Gasteiger partial charge in [0.1, 0.15) is 0 Å². The van der Waals surface area contributed by atoms with E-state index in [2.05, 4.69) is 0 Å². The van der Waals surface area contributed by atoms with Crippen molar-refractivity contribution >= 4 is 17.4 Å². The molecular formula is C10H22O4Si2. The summed E-state index contributed by atoms with van der Waals surface area (Å²) in [6.45, 7) is 2.17. The van der Waals surface area contributed by atoms with E-state index in [-0.39, 0.29) is 0 Å². The van der Waals surface area contributed by atoms with Gasteiger partial charge in [-0.2, -0.15) is 0 Å². The highest BCUT2D eigenvalue weighted by Crippen LogP contribution is 2.44. The zero-order chi connectivity index (χ0) is 11.6. The fourth-order valence-electron chi connectivity index (χ4n) is 2.97. The third-order valence-corrected chi connectivity index (χ3v) is 10.1. The molecule has 1 atom stereocenters. The van der Waals surface area contributed by atoms with Crippen LogP contribution in [0.15, 0.2) is 0 Å². The fourth-order valence-corrected chi connectivity index (χ4v) is 10.2. The van der Waals surface area contributed by atoms with Crippen LogP contribution in [-0.4, -0.2) is 33.6 Å². The monoisotopic (exact) mass is 262 g/mol. The molecule has 0 aromatic rings. The molecule has 1 heterocycles. The molecule has 4 nitrogen and oxygen atoms in total. The minimum atomic E-state index is -3.45. The number of hydrogen-bond acceptors (Lipinski definition) is 4. The van der Waals surface area contributed by atoms with Gasteiger partial charge in [-0.1, -0.05) is 12.8 Å². The van der Waals surface area contributed by atoms with Crippen LogP contribution in [-0.2, 0) is 8.54 Å². The van der Waals surface area contributed by atoms with Crippen LogP contribution in [0.1, 0.15) is 38.5 Å². The summed E-state index contributed by atoms with van der Waals surface area (Å²) in [5.41, 5.74) is 0.485. The van der Waals surface area contributed by atoms with Gasteiger partial charge in [-0.25, -0.2) is 0 Å². The maximum Gasteiger partial charge on any atom is 0.483 e. The fraction of sp³-hybridized carbons (Fsp3) is 1.00. The van der Waals surface area contributed by atoms with Gasteiger partial charge in [-0.05, 0) is 31.7 Å². The molecule has 2 N–H and O–H groups in total. The molecule has 2 aliphatic rings. The maximum atomic E-state index is 9.62. The van der Waals surface area contributed by atoms with E-state index in [0.29, 0.717) is 5.54 Å². The van der Waals surface area contributed by atoms with E-state index in [4.69, 9.17) is 8.54 Å². The smallest absolute Gasteiger partial charge is 0.394 e. The van der Waals surface area contributed by atoms with E-state index in [1.807, 2.05) is 0 Å². The van der Waals surface area contributed by atoms with E-state index in [1.165, 1.54) is 19.4 Å². The summed E-state index contributed by atoms with van der Waals surface area (Å²) in [6, 6.07) is 0.946. The Balaban J connectivity index is 2.10. The zero-order valence-electron chi connectivity index (χ0n) is 9.95. The molecule has 16 heavy (non-hydrogen) atoms. The highest BCUT2D eigenvalue weighted by molar-refractivity contribution is 6.78. The highest BCUT2D eigenvalue weighted by Gasteiger charge is 2.52. The average molecular weight is 262 g/mol. The third-order valence-electron chi connectivity index (χ3n) is 3.61. The summed E-state index contributed by atoms with van der Waals surface area (Å²) < 4.78 is 11.7. The molecule has 6 heteroatoms. The van der Waals surface area contributed by atoms with Gasteiger partial charge in [0.15, 0.2) is 0 Å². The molecule has 1 aliphatic carbocycles. The minimum absolute atomic E-state index is 0.485. The number of hydrogen-bond donors (Lipinski definition) is 2. The van der Waals surface area contributed by atoms with Crippen molar-refractivity contribution in [3.63, 3.8) is 0 Å². The van der Waals surface area contributed by atoms with Crippen LogP contribution >= 0.6 is 0 Å². The van der Waals surface area contributed by atoms with Gasteiger partial charge < -0.3 is 18.1 Å². The van der Waals surface area contributed by atoms with E-state index in [1.54, 1.807) is 0 Å². The van der Waals surface area contributed by atoms with Gasteiger partial charge in [-0.15, -0.1) is 0 Å². The second-order valence-corrected chi connectivity index (χ2v) is 11.0. The SMILES string of the molecule is C[Si](O)(O)O[Si]1(C2CCCC2)CCCCO1. The van der Waals surface area contributed by atoms with Gasteiger partial charge in [0.2, 0.25) is 0 Å². The summed E-state index contributed by atoms with van der Waals surface area (Å²) in [6.07, 6.45) is 6.98. The summed E-state index contributed by atoms with van der Waals surface area (Å²) in [4.78, 5) is 19.2. The van der Waals surface area contributed by atoms with Crippen LogP contribution in [0.5, 0.6) is 0 Å². The van der Waals surface area contributed by atoms with Crippen LogP contribution in [0.2, 0.25) is 18.1 Å². The molecule has 1 saturated carbocycles. The first-order valence-electron chi connectivity index (χ1n) is 6.31.